The standard InChI is InChI=1S/C14H22FNO/c1-11(2)16-8-7-14(3,17)10-12-5-4-6-13(15)9-12/h4-6,9,11,16-17H,7-8,10H2,1-3H3. The van der Waals surface area contributed by atoms with Crippen LogP contribution in [0.2, 0.25) is 0 Å². The van der Waals surface area contributed by atoms with E-state index in [-0.39, 0.29) is 5.82 Å². The molecule has 0 bridgehead atoms. The molecule has 2 nitrogen and oxygen atoms in total. The molecule has 0 spiro atoms. The van der Waals surface area contributed by atoms with Crippen molar-refractivity contribution in [2.24, 2.45) is 0 Å². The van der Waals surface area contributed by atoms with Gasteiger partial charge in [-0.15, -0.1) is 0 Å². The van der Waals surface area contributed by atoms with Crippen molar-refractivity contribution in [1.82, 2.24) is 5.32 Å². The fourth-order valence-electron chi connectivity index (χ4n) is 1.81. The second-order valence-electron chi connectivity index (χ2n) is 5.16. The Hall–Kier alpha value is -0.930. The van der Waals surface area contributed by atoms with Gasteiger partial charge >= 0.3 is 0 Å². The van der Waals surface area contributed by atoms with Gasteiger partial charge in [-0.1, -0.05) is 26.0 Å². The third-order valence-electron chi connectivity index (χ3n) is 2.69. The van der Waals surface area contributed by atoms with Crippen molar-refractivity contribution in [2.75, 3.05) is 6.54 Å². The summed E-state index contributed by atoms with van der Waals surface area (Å²) in [5.41, 5.74) is 0.0370. The van der Waals surface area contributed by atoms with E-state index < -0.39 is 5.60 Å². The van der Waals surface area contributed by atoms with Gasteiger partial charge in [0.05, 0.1) is 5.60 Å². The predicted octanol–water partition coefficient (Wildman–Crippen LogP) is 2.51. The number of hydrogen-bond acceptors (Lipinski definition) is 2. The van der Waals surface area contributed by atoms with Gasteiger partial charge in [0.2, 0.25) is 0 Å². The van der Waals surface area contributed by atoms with E-state index in [9.17, 15) is 9.50 Å². The molecule has 1 atom stereocenters. The van der Waals surface area contributed by atoms with Gasteiger partial charge in [-0.3, -0.25) is 0 Å². The lowest BCUT2D eigenvalue weighted by molar-refractivity contribution is 0.0510. The van der Waals surface area contributed by atoms with Crippen LogP contribution in [0.25, 0.3) is 0 Å². The van der Waals surface area contributed by atoms with Gasteiger partial charge < -0.3 is 10.4 Å². The topological polar surface area (TPSA) is 32.3 Å². The first-order valence-corrected chi connectivity index (χ1v) is 6.09. The smallest absolute Gasteiger partial charge is 0.123 e. The maximum atomic E-state index is 13.0. The van der Waals surface area contributed by atoms with Crippen molar-refractivity contribution >= 4 is 0 Å². The third-order valence-corrected chi connectivity index (χ3v) is 2.69. The quantitative estimate of drug-likeness (QED) is 0.799. The van der Waals surface area contributed by atoms with Crippen molar-refractivity contribution in [3.63, 3.8) is 0 Å². The molecule has 0 aliphatic heterocycles. The normalized spacial score (nSPS) is 14.9. The summed E-state index contributed by atoms with van der Waals surface area (Å²) in [6.45, 7) is 6.70. The summed E-state index contributed by atoms with van der Waals surface area (Å²) in [5.74, 6) is -0.251. The molecule has 0 aromatic heterocycles. The van der Waals surface area contributed by atoms with E-state index in [1.165, 1.54) is 12.1 Å². The Labute approximate surface area is 103 Å². The average Bonchev–Trinajstić information content (AvgIpc) is 2.15. The highest BCUT2D eigenvalue weighted by atomic mass is 19.1. The van der Waals surface area contributed by atoms with E-state index in [1.54, 1.807) is 13.0 Å². The zero-order valence-corrected chi connectivity index (χ0v) is 10.8. The van der Waals surface area contributed by atoms with Crippen molar-refractivity contribution in [2.45, 2.75) is 45.3 Å². The molecule has 0 aliphatic rings. The average molecular weight is 239 g/mol. The molecule has 0 radical (unpaired) electrons. The number of nitrogens with one attached hydrogen (secondary N) is 1. The minimum Gasteiger partial charge on any atom is -0.390 e. The van der Waals surface area contributed by atoms with Crippen molar-refractivity contribution in [1.29, 1.82) is 0 Å². The maximum absolute atomic E-state index is 13.0. The minimum atomic E-state index is -0.796. The summed E-state index contributed by atoms with van der Waals surface area (Å²) in [6, 6.07) is 6.82. The first kappa shape index (κ1) is 14.1. The molecule has 1 rings (SSSR count). The van der Waals surface area contributed by atoms with Crippen LogP contribution in [0, 0.1) is 5.82 Å². The second-order valence-corrected chi connectivity index (χ2v) is 5.16. The lowest BCUT2D eigenvalue weighted by atomic mass is 9.93. The second kappa shape index (κ2) is 6.12. The summed E-state index contributed by atoms with van der Waals surface area (Å²) in [6.07, 6.45) is 1.13. The van der Waals surface area contributed by atoms with Gasteiger partial charge in [-0.05, 0) is 37.6 Å². The Balaban J connectivity index is 2.48. The van der Waals surface area contributed by atoms with Gasteiger partial charge in [0.15, 0.2) is 0 Å². The molecule has 3 heteroatoms. The monoisotopic (exact) mass is 239 g/mol. The third kappa shape index (κ3) is 5.80. The molecule has 0 saturated heterocycles. The van der Waals surface area contributed by atoms with E-state index >= 15 is 0 Å². The molecule has 0 fully saturated rings. The Morgan fingerprint density at radius 3 is 2.71 bits per heavy atom. The molecule has 1 aromatic rings. The number of aliphatic hydroxyl groups is 1. The summed E-state index contributed by atoms with van der Waals surface area (Å²) in [4.78, 5) is 0. The van der Waals surface area contributed by atoms with Gasteiger partial charge in [0.1, 0.15) is 5.82 Å². The highest BCUT2D eigenvalue weighted by Gasteiger charge is 2.20. The fourth-order valence-corrected chi connectivity index (χ4v) is 1.81. The summed E-state index contributed by atoms with van der Waals surface area (Å²) >= 11 is 0. The molecule has 17 heavy (non-hydrogen) atoms. The number of rotatable bonds is 6. The molecule has 0 heterocycles. The summed E-state index contributed by atoms with van der Waals surface area (Å²) in [5, 5.41) is 13.5. The van der Waals surface area contributed by atoms with E-state index in [1.807, 2.05) is 6.07 Å². The highest BCUT2D eigenvalue weighted by Crippen LogP contribution is 2.17. The molecule has 0 amide bonds. The van der Waals surface area contributed by atoms with Crippen LogP contribution in [0.15, 0.2) is 24.3 Å². The maximum Gasteiger partial charge on any atom is 0.123 e. The molecular weight excluding hydrogens is 217 g/mol. The SMILES string of the molecule is CC(C)NCCC(C)(O)Cc1cccc(F)c1. The first-order chi connectivity index (χ1) is 7.89. The van der Waals surface area contributed by atoms with Crippen LogP contribution >= 0.6 is 0 Å². The summed E-state index contributed by atoms with van der Waals surface area (Å²) in [7, 11) is 0. The molecule has 1 unspecified atom stereocenters. The van der Waals surface area contributed by atoms with Crippen LogP contribution in [0.5, 0.6) is 0 Å². The fraction of sp³-hybridized carbons (Fsp3) is 0.571. The van der Waals surface area contributed by atoms with Crippen molar-refractivity contribution in [3.05, 3.63) is 35.6 Å². The number of benzene rings is 1. The van der Waals surface area contributed by atoms with Crippen LogP contribution in [0.1, 0.15) is 32.8 Å². The van der Waals surface area contributed by atoms with Gasteiger partial charge in [0, 0.05) is 12.5 Å². The molecule has 0 saturated carbocycles. The molecule has 96 valence electrons. The Bertz CT molecular complexity index is 350. The first-order valence-electron chi connectivity index (χ1n) is 6.09. The van der Waals surface area contributed by atoms with Crippen LogP contribution in [0.3, 0.4) is 0 Å². The van der Waals surface area contributed by atoms with Gasteiger partial charge in [0.25, 0.3) is 0 Å². The highest BCUT2D eigenvalue weighted by molar-refractivity contribution is 5.18. The van der Waals surface area contributed by atoms with Gasteiger partial charge in [-0.2, -0.15) is 0 Å². The minimum absolute atomic E-state index is 0.251. The molecule has 0 aliphatic carbocycles. The zero-order chi connectivity index (χ0) is 12.9. The van der Waals surface area contributed by atoms with Crippen LogP contribution in [-0.4, -0.2) is 23.3 Å². The lowest BCUT2D eigenvalue weighted by Crippen LogP contribution is -2.34. The number of hydrogen-bond donors (Lipinski definition) is 2. The van der Waals surface area contributed by atoms with E-state index in [0.717, 1.165) is 12.1 Å². The zero-order valence-electron chi connectivity index (χ0n) is 10.8. The Morgan fingerprint density at radius 2 is 2.12 bits per heavy atom. The molecule has 2 N–H and O–H groups in total. The van der Waals surface area contributed by atoms with E-state index in [2.05, 4.69) is 19.2 Å². The lowest BCUT2D eigenvalue weighted by Gasteiger charge is -2.24. The predicted molar refractivity (Wildman–Crippen MR) is 68.5 cm³/mol. The van der Waals surface area contributed by atoms with E-state index in [4.69, 9.17) is 0 Å². The van der Waals surface area contributed by atoms with E-state index in [0.29, 0.717) is 18.9 Å². The summed E-state index contributed by atoms with van der Waals surface area (Å²) < 4.78 is 13.0. The van der Waals surface area contributed by atoms with Crippen LogP contribution in [0.4, 0.5) is 4.39 Å². The van der Waals surface area contributed by atoms with Crippen LogP contribution < -0.4 is 5.32 Å². The molecular formula is C14H22FNO. The van der Waals surface area contributed by atoms with Gasteiger partial charge in [-0.25, -0.2) is 4.39 Å². The van der Waals surface area contributed by atoms with Crippen molar-refractivity contribution in [3.8, 4) is 0 Å². The largest absolute Gasteiger partial charge is 0.390 e. The van der Waals surface area contributed by atoms with Crippen LogP contribution in [-0.2, 0) is 6.42 Å². The molecule has 1 aromatic carbocycles. The Kier molecular flexibility index (Phi) is 5.09. The Morgan fingerprint density at radius 1 is 1.41 bits per heavy atom. The number of halogens is 1. The van der Waals surface area contributed by atoms with Crippen molar-refractivity contribution < 1.29 is 9.50 Å².